The molecule has 0 radical (unpaired) electrons. The zero-order chi connectivity index (χ0) is 0. The van der Waals surface area contributed by atoms with Gasteiger partial charge in [0.15, 0.2) is 0 Å². The third kappa shape index (κ3) is 8.83. The molecule has 1 unspecified atom stereocenters. The Bertz CT molecular complexity index is 8.00. The Morgan fingerprint density at radius 3 is 1.00 bits per heavy atom. The van der Waals surface area contributed by atoms with Crippen LogP contribution >= 0.6 is 9.90 Å². The predicted molar refractivity (Wildman–Crippen MR) is 22.4 cm³/mol. The number of hydrogen-bond acceptors (Lipinski definition) is 0. The fraction of sp³-hybridized carbons (Fsp3) is 0. The van der Waals surface area contributed by atoms with Crippen molar-refractivity contribution in [3.05, 3.63) is 0 Å². The van der Waals surface area contributed by atoms with Crippen molar-refractivity contribution in [1.82, 2.24) is 0 Å². The van der Waals surface area contributed by atoms with Crippen LogP contribution in [0.1, 0.15) is 0 Å². The molecule has 0 aliphatic carbocycles. The fourth-order valence-electron chi connectivity index (χ4n) is 0. The van der Waals surface area contributed by atoms with Crippen LogP contribution in [0.4, 0.5) is 0 Å². The van der Waals surface area contributed by atoms with Crippen molar-refractivity contribution in [1.29, 1.82) is 0 Å². The van der Waals surface area contributed by atoms with Crippen molar-refractivity contribution in [3.8, 4) is 0 Å². The zero-order valence-electron chi connectivity index (χ0n) is 1.43. The largest absolute Gasteiger partial charge is 0 e. The van der Waals surface area contributed by atoms with Crippen LogP contribution in [0.25, 0.3) is 0 Å². The van der Waals surface area contributed by atoms with Gasteiger partial charge in [-0.2, -0.15) is 9.90 Å². The summed E-state index contributed by atoms with van der Waals surface area (Å²) < 4.78 is 0. The smallest absolute Gasteiger partial charge is 0 e. The minimum Gasteiger partial charge on any atom is 0 e. The molecule has 0 nitrogen and oxygen atoms in total. The van der Waals surface area contributed by atoms with Gasteiger partial charge in [-0.05, 0) is 0 Å². The van der Waals surface area contributed by atoms with Crippen molar-refractivity contribution in [3.63, 3.8) is 0 Å². The molecular formula is H7NiPSnW. The van der Waals surface area contributed by atoms with Crippen LogP contribution in [0.3, 0.4) is 0 Å². The molecule has 0 spiro atoms. The van der Waals surface area contributed by atoms with E-state index in [0.29, 0.717) is 0 Å². The maximum atomic E-state index is 0. The molecule has 0 aromatic carbocycles. The van der Waals surface area contributed by atoms with Crippen LogP contribution in [-0.4, -0.2) is 23.9 Å². The van der Waals surface area contributed by atoms with E-state index in [2.05, 4.69) is 0 Å². The first-order valence-corrected chi connectivity index (χ1v) is 0. The molecule has 0 heterocycles. The summed E-state index contributed by atoms with van der Waals surface area (Å²) >= 11 is 0. The van der Waals surface area contributed by atoms with E-state index < -0.39 is 0 Å². The third-order valence-corrected chi connectivity index (χ3v) is 0. The Labute approximate surface area is 70.6 Å². The van der Waals surface area contributed by atoms with Gasteiger partial charge in [-0.25, -0.2) is 0 Å². The summed E-state index contributed by atoms with van der Waals surface area (Å²) in [5.74, 6) is 0. The van der Waals surface area contributed by atoms with E-state index in [1.165, 1.54) is 0 Å². The van der Waals surface area contributed by atoms with Crippen LogP contribution in [0.2, 0.25) is 0 Å². The molecule has 0 aromatic heterocycles. The minimum atomic E-state index is 0. The van der Waals surface area contributed by atoms with E-state index in [4.69, 9.17) is 0 Å². The van der Waals surface area contributed by atoms with Crippen molar-refractivity contribution < 1.29 is 37.6 Å². The summed E-state index contributed by atoms with van der Waals surface area (Å²) in [6.07, 6.45) is 0. The average Bonchev–Trinajstić information content (AvgIpc) is 0. The Morgan fingerprint density at radius 2 is 1.00 bits per heavy atom. The molecule has 0 saturated heterocycles. The van der Waals surface area contributed by atoms with Gasteiger partial charge in [0.2, 0.25) is 0 Å². The molecule has 0 N–H and O–H groups in total. The molecule has 0 aromatic rings. The Hall–Kier alpha value is 2.41. The van der Waals surface area contributed by atoms with Crippen molar-refractivity contribution >= 4 is 33.8 Å². The van der Waals surface area contributed by atoms with E-state index in [-0.39, 0.29) is 71.4 Å². The maximum absolute atomic E-state index is 0. The van der Waals surface area contributed by atoms with Gasteiger partial charge in [0, 0.05) is 37.6 Å². The van der Waals surface area contributed by atoms with Gasteiger partial charge in [-0.15, -0.1) is 0 Å². The molecule has 0 rings (SSSR count). The second kappa shape index (κ2) is 18.1. The van der Waals surface area contributed by atoms with Gasteiger partial charge in [0.05, 0.1) is 0 Å². The summed E-state index contributed by atoms with van der Waals surface area (Å²) in [4.78, 5) is 0. The van der Waals surface area contributed by atoms with E-state index in [9.17, 15) is 0 Å². The van der Waals surface area contributed by atoms with Gasteiger partial charge in [0.1, 0.15) is 0 Å². The molecular weight excluding hydrogens is 392 g/mol. The monoisotopic (exact) mass is 400 g/mol. The Balaban J connectivity index is 0. The van der Waals surface area contributed by atoms with Crippen LogP contribution in [0.5, 0.6) is 0 Å². The third-order valence-electron chi connectivity index (χ3n) is 0. The first-order chi connectivity index (χ1) is 0. The molecule has 0 bridgehead atoms. The Morgan fingerprint density at radius 1 is 1.00 bits per heavy atom. The molecule has 0 saturated carbocycles. The summed E-state index contributed by atoms with van der Waals surface area (Å²) in [7, 11) is 0. The van der Waals surface area contributed by atoms with Gasteiger partial charge >= 0.3 is 23.9 Å². The van der Waals surface area contributed by atoms with E-state index in [1.54, 1.807) is 0 Å². The first kappa shape index (κ1) is 32.3. The van der Waals surface area contributed by atoms with Gasteiger partial charge in [0.25, 0.3) is 0 Å². The standard InChI is InChI=1S/Ni.H3P.Sn.W.4H/h;1H3;;;;;;. The summed E-state index contributed by atoms with van der Waals surface area (Å²) in [5.41, 5.74) is 0. The first-order valence-electron chi connectivity index (χ1n) is 0. The summed E-state index contributed by atoms with van der Waals surface area (Å²) in [5, 5.41) is 0. The number of rotatable bonds is 0. The molecule has 4 heteroatoms. The SMILES string of the molecule is P.[Ni].[SnH4].[W]. The summed E-state index contributed by atoms with van der Waals surface area (Å²) in [6, 6.07) is 0. The molecule has 0 aliphatic rings. The average molecular weight is 399 g/mol. The topological polar surface area (TPSA) is 0 Å². The van der Waals surface area contributed by atoms with E-state index in [0.717, 1.165) is 0 Å². The minimum absolute atomic E-state index is 0. The van der Waals surface area contributed by atoms with Gasteiger partial charge in [-0.3, -0.25) is 0 Å². The maximum Gasteiger partial charge on any atom is 0 e. The molecule has 0 aliphatic heterocycles. The molecule has 4 heavy (non-hydrogen) atoms. The van der Waals surface area contributed by atoms with E-state index in [1.807, 2.05) is 0 Å². The number of hydrogen-bond donors (Lipinski definition) is 0. The van der Waals surface area contributed by atoms with Crippen molar-refractivity contribution in [2.75, 3.05) is 0 Å². The molecule has 0 amide bonds. The zero-order valence-corrected chi connectivity index (χ0v) is 6.77. The van der Waals surface area contributed by atoms with E-state index >= 15 is 0 Å². The van der Waals surface area contributed by atoms with Crippen molar-refractivity contribution in [2.24, 2.45) is 0 Å². The normalized spacial score (nSPS) is 0. The van der Waals surface area contributed by atoms with Crippen LogP contribution < -0.4 is 0 Å². The fourth-order valence-corrected chi connectivity index (χ4v) is 0. The second-order valence-corrected chi connectivity index (χ2v) is 0. The predicted octanol–water partition coefficient (Wildman–Crippen LogP) is -1.40. The van der Waals surface area contributed by atoms with Gasteiger partial charge in [-0.1, -0.05) is 0 Å². The van der Waals surface area contributed by atoms with Crippen LogP contribution in [0, 0.1) is 0 Å². The van der Waals surface area contributed by atoms with Gasteiger partial charge < -0.3 is 0 Å². The molecule has 1 atom stereocenters. The van der Waals surface area contributed by atoms with Crippen molar-refractivity contribution in [2.45, 2.75) is 0 Å². The second-order valence-electron chi connectivity index (χ2n) is 0. The quantitative estimate of drug-likeness (QED) is 0.348. The summed E-state index contributed by atoms with van der Waals surface area (Å²) in [6.45, 7) is 0. The molecule has 32 valence electrons. The molecule has 0 fully saturated rings. The van der Waals surface area contributed by atoms with Crippen LogP contribution in [0.15, 0.2) is 0 Å². The Kier molecular flexibility index (Phi) is 146. The van der Waals surface area contributed by atoms with Crippen LogP contribution in [-0.2, 0) is 37.6 Å².